The van der Waals surface area contributed by atoms with Crippen molar-refractivity contribution in [3.05, 3.63) is 80.7 Å². The van der Waals surface area contributed by atoms with Crippen molar-refractivity contribution in [1.82, 2.24) is 4.57 Å². The summed E-state index contributed by atoms with van der Waals surface area (Å²) in [5, 5.41) is 11.2. The molecule has 0 saturated carbocycles. The SMILES string of the molecule is COc1ccc(CCn2c(C)cc(C(=O)COC(=O)c3ccc(OC)c([N+](=O)[O-])c3)c2C)cc1OC. The van der Waals surface area contributed by atoms with Crippen molar-refractivity contribution in [2.75, 3.05) is 27.9 Å². The second-order valence-corrected chi connectivity index (χ2v) is 8.02. The number of nitro groups is 1. The van der Waals surface area contributed by atoms with Gasteiger partial charge in [-0.15, -0.1) is 0 Å². The van der Waals surface area contributed by atoms with Crippen LogP contribution >= 0.6 is 0 Å². The molecule has 190 valence electrons. The highest BCUT2D eigenvalue weighted by Crippen LogP contribution is 2.29. The predicted octanol–water partition coefficient (Wildman–Crippen LogP) is 4.32. The number of esters is 1. The molecule has 0 aliphatic rings. The van der Waals surface area contributed by atoms with Crippen LogP contribution in [-0.2, 0) is 17.7 Å². The Labute approximate surface area is 208 Å². The summed E-state index contributed by atoms with van der Waals surface area (Å²) >= 11 is 0. The summed E-state index contributed by atoms with van der Waals surface area (Å²) in [5.74, 6) is 0.124. The number of ketones is 1. The summed E-state index contributed by atoms with van der Waals surface area (Å²) in [6, 6.07) is 11.2. The maximum absolute atomic E-state index is 12.8. The van der Waals surface area contributed by atoms with Crippen LogP contribution in [0.2, 0.25) is 0 Å². The third-order valence-corrected chi connectivity index (χ3v) is 5.89. The highest BCUT2D eigenvalue weighted by Gasteiger charge is 2.21. The first-order chi connectivity index (χ1) is 17.2. The standard InChI is InChI=1S/C26H28N2O8/c1-16-12-20(17(2)27(16)11-10-18-6-8-24(34-4)25(13-18)35-5)22(29)15-36-26(30)19-7-9-23(33-3)21(14-19)28(31)32/h6-9,12-14H,10-11,15H2,1-5H3. The fourth-order valence-corrected chi connectivity index (χ4v) is 3.96. The normalized spacial score (nSPS) is 10.6. The number of nitrogens with zero attached hydrogens (tertiary/aromatic N) is 2. The lowest BCUT2D eigenvalue weighted by Crippen LogP contribution is -2.15. The molecular weight excluding hydrogens is 468 g/mol. The molecule has 0 N–H and O–H groups in total. The minimum Gasteiger partial charge on any atom is -0.493 e. The summed E-state index contributed by atoms with van der Waals surface area (Å²) in [6.45, 7) is 3.89. The molecule has 36 heavy (non-hydrogen) atoms. The van der Waals surface area contributed by atoms with E-state index in [0.29, 0.717) is 30.0 Å². The molecule has 2 aromatic carbocycles. The summed E-state index contributed by atoms with van der Waals surface area (Å²) in [4.78, 5) is 35.8. The quantitative estimate of drug-likeness (QED) is 0.167. The highest BCUT2D eigenvalue weighted by molar-refractivity contribution is 6.00. The first-order valence-electron chi connectivity index (χ1n) is 11.1. The van der Waals surface area contributed by atoms with E-state index in [-0.39, 0.29) is 22.8 Å². The number of aromatic nitrogens is 1. The molecule has 0 amide bonds. The molecule has 3 rings (SSSR count). The van der Waals surface area contributed by atoms with Gasteiger partial charge in [-0.1, -0.05) is 6.07 Å². The zero-order valence-electron chi connectivity index (χ0n) is 20.8. The lowest BCUT2D eigenvalue weighted by molar-refractivity contribution is -0.385. The van der Waals surface area contributed by atoms with Crippen LogP contribution in [0.25, 0.3) is 0 Å². The van der Waals surface area contributed by atoms with Crippen LogP contribution < -0.4 is 14.2 Å². The maximum atomic E-state index is 12.8. The molecule has 0 aliphatic heterocycles. The molecule has 0 atom stereocenters. The van der Waals surface area contributed by atoms with Gasteiger partial charge in [0, 0.05) is 29.6 Å². The van der Waals surface area contributed by atoms with Crippen LogP contribution in [0.4, 0.5) is 5.69 Å². The Balaban J connectivity index is 1.67. The lowest BCUT2D eigenvalue weighted by Gasteiger charge is -2.12. The minimum absolute atomic E-state index is 0.0214. The zero-order chi connectivity index (χ0) is 26.4. The van der Waals surface area contributed by atoms with Crippen LogP contribution in [0.5, 0.6) is 17.2 Å². The molecule has 0 bridgehead atoms. The molecular formula is C26H28N2O8. The van der Waals surface area contributed by atoms with Crippen LogP contribution in [0.3, 0.4) is 0 Å². The summed E-state index contributed by atoms with van der Waals surface area (Å²) in [6.07, 6.45) is 0.704. The number of aryl methyl sites for hydroxylation is 2. The van der Waals surface area contributed by atoms with Crippen molar-refractivity contribution in [3.8, 4) is 17.2 Å². The van der Waals surface area contributed by atoms with Gasteiger partial charge < -0.3 is 23.5 Å². The Morgan fingerprint density at radius 3 is 2.22 bits per heavy atom. The van der Waals surface area contributed by atoms with E-state index in [4.69, 9.17) is 18.9 Å². The molecule has 1 aromatic heterocycles. The highest BCUT2D eigenvalue weighted by atomic mass is 16.6. The van der Waals surface area contributed by atoms with E-state index in [1.54, 1.807) is 20.3 Å². The van der Waals surface area contributed by atoms with E-state index in [2.05, 4.69) is 0 Å². The molecule has 0 radical (unpaired) electrons. The molecule has 3 aromatic rings. The van der Waals surface area contributed by atoms with E-state index >= 15 is 0 Å². The number of ether oxygens (including phenoxy) is 4. The van der Waals surface area contributed by atoms with Gasteiger partial charge in [-0.2, -0.15) is 0 Å². The van der Waals surface area contributed by atoms with E-state index in [0.717, 1.165) is 23.0 Å². The molecule has 10 nitrogen and oxygen atoms in total. The largest absolute Gasteiger partial charge is 0.493 e. The zero-order valence-corrected chi connectivity index (χ0v) is 20.8. The Hall–Kier alpha value is -4.34. The molecule has 0 unspecified atom stereocenters. The lowest BCUT2D eigenvalue weighted by atomic mass is 10.1. The van der Waals surface area contributed by atoms with E-state index in [1.165, 1.54) is 19.2 Å². The minimum atomic E-state index is -0.837. The van der Waals surface area contributed by atoms with Crippen LogP contribution in [0.1, 0.15) is 37.7 Å². The maximum Gasteiger partial charge on any atom is 0.338 e. The molecule has 0 aliphatic carbocycles. The third kappa shape index (κ3) is 5.65. The Bertz CT molecular complexity index is 1300. The van der Waals surface area contributed by atoms with Crippen LogP contribution in [-0.4, -0.2) is 49.2 Å². The van der Waals surface area contributed by atoms with Crippen LogP contribution in [0, 0.1) is 24.0 Å². The monoisotopic (exact) mass is 496 g/mol. The van der Waals surface area contributed by atoms with Gasteiger partial charge in [-0.05, 0) is 56.2 Å². The second kappa shape index (κ2) is 11.4. The van der Waals surface area contributed by atoms with E-state index < -0.39 is 17.5 Å². The van der Waals surface area contributed by atoms with Gasteiger partial charge in [-0.25, -0.2) is 4.79 Å². The Morgan fingerprint density at radius 2 is 1.58 bits per heavy atom. The molecule has 0 saturated heterocycles. The van der Waals surface area contributed by atoms with Crippen molar-refractivity contribution in [1.29, 1.82) is 0 Å². The van der Waals surface area contributed by atoms with Gasteiger partial charge in [0.25, 0.3) is 0 Å². The predicted molar refractivity (Wildman–Crippen MR) is 131 cm³/mol. The van der Waals surface area contributed by atoms with Gasteiger partial charge >= 0.3 is 11.7 Å². The van der Waals surface area contributed by atoms with Crippen molar-refractivity contribution in [2.24, 2.45) is 0 Å². The fraction of sp³-hybridized carbons (Fsp3) is 0.308. The number of Topliss-reactive ketones (excluding diaryl/α,β-unsaturated/α-hetero) is 1. The number of hydrogen-bond acceptors (Lipinski definition) is 8. The Kier molecular flexibility index (Phi) is 8.31. The van der Waals surface area contributed by atoms with Crippen molar-refractivity contribution < 1.29 is 33.5 Å². The van der Waals surface area contributed by atoms with E-state index in [9.17, 15) is 19.7 Å². The number of carbonyl (C=O) groups excluding carboxylic acids is 2. The summed E-state index contributed by atoms with van der Waals surface area (Å²) in [7, 11) is 4.46. The number of hydrogen-bond donors (Lipinski definition) is 0. The van der Waals surface area contributed by atoms with Crippen molar-refractivity contribution >= 4 is 17.4 Å². The summed E-state index contributed by atoms with van der Waals surface area (Å²) < 4.78 is 22.7. The average Bonchev–Trinajstić information content (AvgIpc) is 3.17. The number of benzene rings is 2. The van der Waals surface area contributed by atoms with Crippen molar-refractivity contribution in [3.63, 3.8) is 0 Å². The fourth-order valence-electron chi connectivity index (χ4n) is 3.96. The Morgan fingerprint density at radius 1 is 0.917 bits per heavy atom. The van der Waals surface area contributed by atoms with Gasteiger partial charge in [0.15, 0.2) is 23.9 Å². The summed E-state index contributed by atoms with van der Waals surface area (Å²) in [5.41, 5.74) is 2.75. The first-order valence-corrected chi connectivity index (χ1v) is 11.1. The smallest absolute Gasteiger partial charge is 0.338 e. The number of carbonyl (C=O) groups is 2. The molecule has 0 fully saturated rings. The van der Waals surface area contributed by atoms with Crippen LogP contribution in [0.15, 0.2) is 42.5 Å². The van der Waals surface area contributed by atoms with Gasteiger partial charge in [-0.3, -0.25) is 14.9 Å². The third-order valence-electron chi connectivity index (χ3n) is 5.89. The van der Waals surface area contributed by atoms with Gasteiger partial charge in [0.1, 0.15) is 0 Å². The first kappa shape index (κ1) is 26.3. The van der Waals surface area contributed by atoms with Gasteiger partial charge in [0.2, 0.25) is 5.78 Å². The van der Waals surface area contributed by atoms with E-state index in [1.807, 2.05) is 36.6 Å². The second-order valence-electron chi connectivity index (χ2n) is 8.02. The van der Waals surface area contributed by atoms with Crippen molar-refractivity contribution in [2.45, 2.75) is 26.8 Å². The topological polar surface area (TPSA) is 119 Å². The molecule has 1 heterocycles. The molecule has 10 heteroatoms. The number of methoxy groups -OCH3 is 3. The molecule has 0 spiro atoms. The average molecular weight is 497 g/mol. The van der Waals surface area contributed by atoms with Gasteiger partial charge in [0.05, 0.1) is 31.8 Å². The number of nitro benzene ring substituents is 1. The number of rotatable bonds is 11.